The van der Waals surface area contributed by atoms with Gasteiger partial charge >= 0.3 is 0 Å². The lowest BCUT2D eigenvalue weighted by Gasteiger charge is -2.28. The molecule has 0 aliphatic carbocycles. The first kappa shape index (κ1) is 22.0. The highest BCUT2D eigenvalue weighted by atomic mass is 32.2. The second-order valence-electron chi connectivity index (χ2n) is 7.48. The molecule has 1 fully saturated rings. The summed E-state index contributed by atoms with van der Waals surface area (Å²) in [6, 6.07) is 8.26. The maximum atomic E-state index is 5.53. The SMILES string of the molecule is CCN(CC)SCc1cc(N2CCOCC2)nc(-c2ccc3[nH]c(CNC)cc3n2)n1. The summed E-state index contributed by atoms with van der Waals surface area (Å²) in [5.74, 6) is 2.44. The Morgan fingerprint density at radius 2 is 1.94 bits per heavy atom. The molecule has 1 aliphatic heterocycles. The molecule has 0 amide bonds. The zero-order valence-corrected chi connectivity index (χ0v) is 19.3. The van der Waals surface area contributed by atoms with Gasteiger partial charge in [0.2, 0.25) is 0 Å². The van der Waals surface area contributed by atoms with Crippen LogP contribution in [0.5, 0.6) is 0 Å². The van der Waals surface area contributed by atoms with Crippen LogP contribution < -0.4 is 10.2 Å². The molecular weight excluding hydrogens is 410 g/mol. The van der Waals surface area contributed by atoms with E-state index in [9.17, 15) is 0 Å². The number of morpholine rings is 1. The average Bonchev–Trinajstić information content (AvgIpc) is 3.22. The first-order valence-electron chi connectivity index (χ1n) is 10.9. The van der Waals surface area contributed by atoms with Crippen molar-refractivity contribution < 1.29 is 4.74 Å². The Balaban J connectivity index is 1.67. The van der Waals surface area contributed by atoms with E-state index >= 15 is 0 Å². The Labute approximate surface area is 187 Å². The molecule has 0 radical (unpaired) electrons. The van der Waals surface area contributed by atoms with Gasteiger partial charge in [-0.15, -0.1) is 0 Å². The number of aromatic amines is 1. The molecule has 0 saturated carbocycles. The van der Waals surface area contributed by atoms with E-state index in [1.54, 1.807) is 0 Å². The number of nitrogens with one attached hydrogen (secondary N) is 2. The van der Waals surface area contributed by atoms with Crippen molar-refractivity contribution in [2.75, 3.05) is 51.3 Å². The van der Waals surface area contributed by atoms with E-state index in [4.69, 9.17) is 19.7 Å². The van der Waals surface area contributed by atoms with Crippen molar-refractivity contribution in [2.45, 2.75) is 26.1 Å². The number of rotatable bonds is 9. The Kier molecular flexibility index (Phi) is 7.39. The van der Waals surface area contributed by atoms with Crippen LogP contribution in [0, 0.1) is 0 Å². The van der Waals surface area contributed by atoms with Crippen LogP contribution in [0.25, 0.3) is 22.6 Å². The van der Waals surface area contributed by atoms with Gasteiger partial charge in [0.05, 0.1) is 35.7 Å². The monoisotopic (exact) mass is 441 g/mol. The molecule has 9 heteroatoms. The van der Waals surface area contributed by atoms with Crippen molar-refractivity contribution in [1.82, 2.24) is 29.6 Å². The third kappa shape index (κ3) is 5.35. The van der Waals surface area contributed by atoms with Crippen molar-refractivity contribution in [3.63, 3.8) is 0 Å². The van der Waals surface area contributed by atoms with E-state index in [0.29, 0.717) is 5.82 Å². The van der Waals surface area contributed by atoms with Gasteiger partial charge in [-0.25, -0.2) is 15.0 Å². The topological polar surface area (TPSA) is 82.2 Å². The van der Waals surface area contributed by atoms with E-state index in [1.165, 1.54) is 0 Å². The Hall–Kier alpha value is -2.20. The van der Waals surface area contributed by atoms with Crippen molar-refractivity contribution in [3.05, 3.63) is 35.7 Å². The van der Waals surface area contributed by atoms with E-state index in [0.717, 1.165) is 85.6 Å². The van der Waals surface area contributed by atoms with Crippen LogP contribution in [0.3, 0.4) is 0 Å². The zero-order valence-electron chi connectivity index (χ0n) is 18.5. The number of H-pyrrole nitrogens is 1. The molecule has 0 atom stereocenters. The Morgan fingerprint density at radius 1 is 1.13 bits per heavy atom. The molecule has 0 bridgehead atoms. The minimum absolute atomic E-state index is 0.678. The number of hydrogen-bond acceptors (Lipinski definition) is 8. The average molecular weight is 442 g/mol. The molecule has 31 heavy (non-hydrogen) atoms. The second kappa shape index (κ2) is 10.4. The van der Waals surface area contributed by atoms with Crippen molar-refractivity contribution in [3.8, 4) is 11.5 Å². The standard InChI is InChI=1S/C22H31N7OS/c1-4-29(5-2)31-15-17-13-21(28-8-10-30-11-9-28)27-22(25-17)19-7-6-18-20(26-19)12-16(24-18)14-23-3/h6-7,12-13,23-24H,4-5,8-11,14-15H2,1-3H3. The van der Waals surface area contributed by atoms with Crippen LogP contribution in [0.4, 0.5) is 5.82 Å². The predicted molar refractivity (Wildman–Crippen MR) is 127 cm³/mol. The number of hydrogen-bond donors (Lipinski definition) is 2. The molecule has 1 aliphatic rings. The zero-order chi connectivity index (χ0) is 21.6. The number of pyridine rings is 1. The maximum absolute atomic E-state index is 5.53. The van der Waals surface area contributed by atoms with E-state index in [1.807, 2.05) is 25.1 Å². The van der Waals surface area contributed by atoms with Gasteiger partial charge in [-0.3, -0.25) is 4.31 Å². The van der Waals surface area contributed by atoms with Gasteiger partial charge in [0.1, 0.15) is 11.5 Å². The largest absolute Gasteiger partial charge is 0.378 e. The fraction of sp³-hybridized carbons (Fsp3) is 0.500. The van der Waals surface area contributed by atoms with Gasteiger partial charge in [0, 0.05) is 44.5 Å². The number of nitrogens with zero attached hydrogens (tertiary/aromatic N) is 5. The third-order valence-corrected chi connectivity index (χ3v) is 6.63. The van der Waals surface area contributed by atoms with Crippen LogP contribution in [0.1, 0.15) is 25.2 Å². The summed E-state index contributed by atoms with van der Waals surface area (Å²) in [6.45, 7) is 10.3. The van der Waals surface area contributed by atoms with Gasteiger partial charge < -0.3 is 19.9 Å². The van der Waals surface area contributed by atoms with Crippen LogP contribution in [0.2, 0.25) is 0 Å². The quantitative estimate of drug-likeness (QED) is 0.490. The molecule has 2 N–H and O–H groups in total. The summed E-state index contributed by atoms with van der Waals surface area (Å²) in [4.78, 5) is 20.3. The molecule has 0 unspecified atom stereocenters. The molecule has 4 rings (SSSR count). The number of aromatic nitrogens is 4. The fourth-order valence-electron chi connectivity index (χ4n) is 3.66. The Morgan fingerprint density at radius 3 is 2.68 bits per heavy atom. The summed E-state index contributed by atoms with van der Waals surface area (Å²) in [7, 11) is 1.94. The highest BCUT2D eigenvalue weighted by Gasteiger charge is 2.17. The van der Waals surface area contributed by atoms with E-state index in [2.05, 4.69) is 51.6 Å². The van der Waals surface area contributed by atoms with Crippen LogP contribution in [-0.2, 0) is 17.0 Å². The van der Waals surface area contributed by atoms with E-state index < -0.39 is 0 Å². The highest BCUT2D eigenvalue weighted by Crippen LogP contribution is 2.25. The van der Waals surface area contributed by atoms with Gasteiger partial charge in [-0.2, -0.15) is 0 Å². The van der Waals surface area contributed by atoms with Crippen molar-refractivity contribution in [1.29, 1.82) is 0 Å². The van der Waals surface area contributed by atoms with Gasteiger partial charge in [-0.05, 0) is 25.2 Å². The first-order valence-corrected chi connectivity index (χ1v) is 11.9. The molecule has 4 heterocycles. The minimum Gasteiger partial charge on any atom is -0.378 e. The Bertz CT molecular complexity index is 999. The first-order chi connectivity index (χ1) is 15.2. The lowest BCUT2D eigenvalue weighted by Crippen LogP contribution is -2.37. The summed E-state index contributed by atoms with van der Waals surface area (Å²) in [5, 5.41) is 3.17. The smallest absolute Gasteiger partial charge is 0.180 e. The fourth-order valence-corrected chi connectivity index (χ4v) is 4.49. The summed E-state index contributed by atoms with van der Waals surface area (Å²) in [6.07, 6.45) is 0. The molecule has 1 saturated heterocycles. The van der Waals surface area contributed by atoms with Gasteiger partial charge in [0.25, 0.3) is 0 Å². The molecular formula is C22H31N7OS. The molecule has 0 aromatic carbocycles. The van der Waals surface area contributed by atoms with Crippen LogP contribution >= 0.6 is 11.9 Å². The van der Waals surface area contributed by atoms with Crippen LogP contribution in [-0.4, -0.2) is 70.7 Å². The molecule has 3 aromatic heterocycles. The number of anilines is 1. The van der Waals surface area contributed by atoms with Crippen molar-refractivity contribution in [2.24, 2.45) is 0 Å². The minimum atomic E-state index is 0.678. The van der Waals surface area contributed by atoms with E-state index in [-0.39, 0.29) is 0 Å². The maximum Gasteiger partial charge on any atom is 0.180 e. The number of ether oxygens (including phenoxy) is 1. The van der Waals surface area contributed by atoms with Crippen LogP contribution in [0.15, 0.2) is 24.3 Å². The lowest BCUT2D eigenvalue weighted by molar-refractivity contribution is 0.122. The third-order valence-electron chi connectivity index (χ3n) is 5.33. The molecule has 3 aromatic rings. The lowest BCUT2D eigenvalue weighted by atomic mass is 10.2. The predicted octanol–water partition coefficient (Wildman–Crippen LogP) is 3.07. The van der Waals surface area contributed by atoms with Gasteiger partial charge in [-0.1, -0.05) is 25.8 Å². The van der Waals surface area contributed by atoms with Crippen molar-refractivity contribution >= 4 is 28.8 Å². The molecule has 8 nitrogen and oxygen atoms in total. The summed E-state index contributed by atoms with van der Waals surface area (Å²) >= 11 is 1.81. The van der Waals surface area contributed by atoms with Gasteiger partial charge in [0.15, 0.2) is 5.82 Å². The molecule has 0 spiro atoms. The number of fused-ring (bicyclic) bond motifs is 1. The summed E-state index contributed by atoms with van der Waals surface area (Å²) in [5.41, 5.74) is 4.89. The second-order valence-corrected chi connectivity index (χ2v) is 8.55. The normalized spacial score (nSPS) is 14.6. The highest BCUT2D eigenvalue weighted by molar-refractivity contribution is 7.96. The summed E-state index contributed by atoms with van der Waals surface area (Å²) < 4.78 is 7.86. The molecule has 166 valence electrons.